The van der Waals surface area contributed by atoms with E-state index in [4.69, 9.17) is 23.2 Å². The number of benzene rings is 1. The summed E-state index contributed by atoms with van der Waals surface area (Å²) in [5.74, 6) is 0.159. The molecule has 0 spiro atoms. The standard InChI is InChI=1S/C11H11Cl2NO/c12-9-1-2-10(13)8(6-9)5-7-3-4-14-11(7)15/h1-2,6-7H,3-5H2,(H,14,15). The summed E-state index contributed by atoms with van der Waals surface area (Å²) in [6.07, 6.45) is 1.55. The van der Waals surface area contributed by atoms with Gasteiger partial charge in [-0.15, -0.1) is 0 Å². The first-order valence-electron chi connectivity index (χ1n) is 4.88. The van der Waals surface area contributed by atoms with Gasteiger partial charge in [-0.3, -0.25) is 4.79 Å². The Balaban J connectivity index is 2.16. The van der Waals surface area contributed by atoms with E-state index in [2.05, 4.69) is 5.32 Å². The number of nitrogens with one attached hydrogen (secondary N) is 1. The van der Waals surface area contributed by atoms with E-state index < -0.39 is 0 Å². The summed E-state index contributed by atoms with van der Waals surface area (Å²) in [5.41, 5.74) is 0.950. The van der Waals surface area contributed by atoms with E-state index >= 15 is 0 Å². The van der Waals surface area contributed by atoms with E-state index in [9.17, 15) is 4.79 Å². The molecule has 0 saturated carbocycles. The summed E-state index contributed by atoms with van der Waals surface area (Å²) in [5, 5.41) is 4.15. The van der Waals surface area contributed by atoms with Crippen molar-refractivity contribution >= 4 is 29.1 Å². The van der Waals surface area contributed by atoms with E-state index in [1.165, 1.54) is 0 Å². The fraction of sp³-hybridized carbons (Fsp3) is 0.364. The van der Waals surface area contributed by atoms with Crippen molar-refractivity contribution in [3.05, 3.63) is 33.8 Å². The highest BCUT2D eigenvalue weighted by atomic mass is 35.5. The molecule has 0 aliphatic carbocycles. The highest BCUT2D eigenvalue weighted by Crippen LogP contribution is 2.25. The van der Waals surface area contributed by atoms with Crippen molar-refractivity contribution in [2.24, 2.45) is 5.92 Å². The largest absolute Gasteiger partial charge is 0.356 e. The van der Waals surface area contributed by atoms with Gasteiger partial charge in [-0.25, -0.2) is 0 Å². The maximum atomic E-state index is 11.4. The summed E-state index contributed by atoms with van der Waals surface area (Å²) in [7, 11) is 0. The van der Waals surface area contributed by atoms with E-state index in [1.54, 1.807) is 12.1 Å². The third kappa shape index (κ3) is 2.44. The van der Waals surface area contributed by atoms with Crippen LogP contribution in [0.4, 0.5) is 0 Å². The molecule has 80 valence electrons. The minimum Gasteiger partial charge on any atom is -0.356 e. The molecule has 1 aliphatic rings. The minimum atomic E-state index is 0.0426. The molecule has 0 aromatic heterocycles. The highest BCUT2D eigenvalue weighted by Gasteiger charge is 2.24. The van der Waals surface area contributed by atoms with Crippen molar-refractivity contribution in [3.63, 3.8) is 0 Å². The topological polar surface area (TPSA) is 29.1 Å². The van der Waals surface area contributed by atoms with Gasteiger partial charge in [0.25, 0.3) is 0 Å². The van der Waals surface area contributed by atoms with E-state index in [0.29, 0.717) is 16.5 Å². The summed E-state index contributed by atoms with van der Waals surface area (Å²) in [4.78, 5) is 11.4. The summed E-state index contributed by atoms with van der Waals surface area (Å²) in [6.45, 7) is 0.766. The predicted molar refractivity (Wildman–Crippen MR) is 61.3 cm³/mol. The monoisotopic (exact) mass is 243 g/mol. The molecule has 0 bridgehead atoms. The number of amides is 1. The average molecular weight is 244 g/mol. The van der Waals surface area contributed by atoms with Crippen molar-refractivity contribution in [3.8, 4) is 0 Å². The van der Waals surface area contributed by atoms with Crippen LogP contribution in [0.5, 0.6) is 0 Å². The van der Waals surface area contributed by atoms with Crippen molar-refractivity contribution in [2.45, 2.75) is 12.8 Å². The Morgan fingerprint density at radius 2 is 2.20 bits per heavy atom. The molecule has 1 atom stereocenters. The number of rotatable bonds is 2. The fourth-order valence-corrected chi connectivity index (χ4v) is 2.19. The number of carbonyl (C=O) groups excluding carboxylic acids is 1. The molecule has 1 amide bonds. The normalized spacial score (nSPS) is 20.4. The quantitative estimate of drug-likeness (QED) is 0.851. The van der Waals surface area contributed by atoms with Crippen LogP contribution in [0, 0.1) is 5.92 Å². The molecule has 1 heterocycles. The number of carbonyl (C=O) groups is 1. The number of hydrogen-bond acceptors (Lipinski definition) is 1. The number of hydrogen-bond donors (Lipinski definition) is 1. The van der Waals surface area contributed by atoms with Crippen LogP contribution in [-0.4, -0.2) is 12.5 Å². The Hall–Kier alpha value is -0.730. The van der Waals surface area contributed by atoms with Gasteiger partial charge in [-0.2, -0.15) is 0 Å². The zero-order valence-electron chi connectivity index (χ0n) is 8.09. The molecule has 1 aliphatic heterocycles. The second-order valence-corrected chi connectivity index (χ2v) is 4.56. The molecule has 4 heteroatoms. The second kappa shape index (κ2) is 4.42. The highest BCUT2D eigenvalue weighted by molar-refractivity contribution is 6.33. The van der Waals surface area contributed by atoms with Crippen molar-refractivity contribution in [1.82, 2.24) is 5.32 Å². The lowest BCUT2D eigenvalue weighted by molar-refractivity contribution is -0.122. The molecule has 2 nitrogen and oxygen atoms in total. The van der Waals surface area contributed by atoms with Gasteiger partial charge in [0.1, 0.15) is 0 Å². The summed E-state index contributed by atoms with van der Waals surface area (Å²) < 4.78 is 0. The lowest BCUT2D eigenvalue weighted by Crippen LogP contribution is -2.20. The molecule has 1 fully saturated rings. The summed E-state index contributed by atoms with van der Waals surface area (Å²) in [6, 6.07) is 5.35. The van der Waals surface area contributed by atoms with Crippen LogP contribution in [0.15, 0.2) is 18.2 Å². The second-order valence-electron chi connectivity index (χ2n) is 3.72. The van der Waals surface area contributed by atoms with Crippen molar-refractivity contribution in [1.29, 1.82) is 0 Å². The first-order valence-corrected chi connectivity index (χ1v) is 5.64. The van der Waals surface area contributed by atoms with E-state index in [-0.39, 0.29) is 11.8 Å². The van der Waals surface area contributed by atoms with Gasteiger partial charge >= 0.3 is 0 Å². The van der Waals surface area contributed by atoms with Gasteiger partial charge in [-0.05, 0) is 36.6 Å². The van der Waals surface area contributed by atoms with Gasteiger partial charge in [0.2, 0.25) is 5.91 Å². The van der Waals surface area contributed by atoms with Gasteiger partial charge in [-0.1, -0.05) is 23.2 Å². The Labute approximate surface area is 98.6 Å². The molecule has 15 heavy (non-hydrogen) atoms. The van der Waals surface area contributed by atoms with Gasteiger partial charge in [0, 0.05) is 22.5 Å². The molecular weight excluding hydrogens is 233 g/mol. The van der Waals surface area contributed by atoms with E-state index in [1.807, 2.05) is 6.07 Å². The first kappa shape index (κ1) is 10.8. The molecule has 1 aromatic carbocycles. The third-order valence-corrected chi connectivity index (χ3v) is 3.24. The Morgan fingerprint density at radius 3 is 2.87 bits per heavy atom. The molecule has 1 N–H and O–H groups in total. The Bertz CT molecular complexity index is 392. The minimum absolute atomic E-state index is 0.0426. The zero-order valence-corrected chi connectivity index (χ0v) is 9.61. The van der Waals surface area contributed by atoms with E-state index in [0.717, 1.165) is 18.5 Å². The van der Waals surface area contributed by atoms with Crippen LogP contribution in [-0.2, 0) is 11.2 Å². The lowest BCUT2D eigenvalue weighted by Gasteiger charge is -2.08. The third-order valence-electron chi connectivity index (χ3n) is 2.64. The summed E-state index contributed by atoms with van der Waals surface area (Å²) >= 11 is 11.9. The fourth-order valence-electron chi connectivity index (χ4n) is 1.80. The SMILES string of the molecule is O=C1NCCC1Cc1cc(Cl)ccc1Cl. The maximum Gasteiger partial charge on any atom is 0.223 e. The maximum absolute atomic E-state index is 11.4. The molecule has 1 unspecified atom stereocenters. The molecule has 0 radical (unpaired) electrons. The lowest BCUT2D eigenvalue weighted by atomic mass is 9.98. The van der Waals surface area contributed by atoms with Gasteiger partial charge in [0.15, 0.2) is 0 Å². The predicted octanol–water partition coefficient (Wildman–Crippen LogP) is 2.67. The first-order chi connectivity index (χ1) is 7.16. The van der Waals surface area contributed by atoms with Crippen molar-refractivity contribution in [2.75, 3.05) is 6.54 Å². The average Bonchev–Trinajstić information content (AvgIpc) is 2.58. The van der Waals surface area contributed by atoms with Crippen LogP contribution in [0.1, 0.15) is 12.0 Å². The van der Waals surface area contributed by atoms with Crippen LogP contribution in [0.2, 0.25) is 10.0 Å². The van der Waals surface area contributed by atoms with Crippen LogP contribution in [0.3, 0.4) is 0 Å². The van der Waals surface area contributed by atoms with Gasteiger partial charge < -0.3 is 5.32 Å². The molecular formula is C11H11Cl2NO. The smallest absolute Gasteiger partial charge is 0.223 e. The molecule has 2 rings (SSSR count). The van der Waals surface area contributed by atoms with Crippen LogP contribution < -0.4 is 5.32 Å². The molecule has 1 saturated heterocycles. The number of halogens is 2. The van der Waals surface area contributed by atoms with Crippen molar-refractivity contribution < 1.29 is 4.79 Å². The Kier molecular flexibility index (Phi) is 3.17. The Morgan fingerprint density at radius 1 is 1.40 bits per heavy atom. The van der Waals surface area contributed by atoms with Crippen LogP contribution in [0.25, 0.3) is 0 Å². The zero-order chi connectivity index (χ0) is 10.8. The van der Waals surface area contributed by atoms with Gasteiger partial charge in [0.05, 0.1) is 0 Å². The van der Waals surface area contributed by atoms with Crippen LogP contribution >= 0.6 is 23.2 Å². The molecule has 1 aromatic rings.